The van der Waals surface area contributed by atoms with Gasteiger partial charge in [-0.05, 0) is 12.1 Å². The number of rotatable bonds is 6. The largest absolute Gasteiger partial charge is 0.476 e. The van der Waals surface area contributed by atoms with E-state index in [-0.39, 0.29) is 0 Å². The van der Waals surface area contributed by atoms with Crippen molar-refractivity contribution in [1.82, 2.24) is 0 Å². The summed E-state index contributed by atoms with van der Waals surface area (Å²) in [6.07, 6.45) is -0.849. The van der Waals surface area contributed by atoms with Gasteiger partial charge in [0.1, 0.15) is 0 Å². The van der Waals surface area contributed by atoms with Crippen LogP contribution in [-0.2, 0) is 22.9 Å². The molecule has 0 aromatic heterocycles. The number of hydrogen-bond acceptors (Lipinski definition) is 5. The van der Waals surface area contributed by atoms with Gasteiger partial charge in [0.25, 0.3) is 0 Å². The van der Waals surface area contributed by atoms with Crippen molar-refractivity contribution in [1.29, 1.82) is 0 Å². The van der Waals surface area contributed by atoms with E-state index in [2.05, 4.69) is 9.05 Å². The Morgan fingerprint density at radius 2 is 1.65 bits per heavy atom. The van der Waals surface area contributed by atoms with Crippen molar-refractivity contribution in [2.45, 2.75) is 6.29 Å². The Morgan fingerprint density at radius 3 is 2.06 bits per heavy atom. The summed E-state index contributed by atoms with van der Waals surface area (Å²) in [6.45, 7) is 0. The molecule has 0 aliphatic heterocycles. The van der Waals surface area contributed by atoms with Gasteiger partial charge in [-0.2, -0.15) is 0 Å². The Balaban J connectivity index is 2.85. The summed E-state index contributed by atoms with van der Waals surface area (Å²) < 4.78 is 31.4. The molecule has 0 N–H and O–H groups in total. The summed E-state index contributed by atoms with van der Waals surface area (Å²) in [5.74, 6) is 0. The second-order valence-corrected chi connectivity index (χ2v) is 5.31. The van der Waals surface area contributed by atoms with Crippen LogP contribution >= 0.6 is 19.4 Å². The third-order valence-corrected chi connectivity index (χ3v) is 3.62. The minimum absolute atomic E-state index is 0.588. The van der Waals surface area contributed by atoms with E-state index in [1.165, 1.54) is 21.3 Å². The minimum Gasteiger partial charge on any atom is -0.351 e. The zero-order valence-corrected chi connectivity index (χ0v) is 11.4. The summed E-state index contributed by atoms with van der Waals surface area (Å²) in [5.41, 5.74) is 0.659. The lowest BCUT2D eigenvalue weighted by Gasteiger charge is -2.20. The first-order valence-electron chi connectivity index (χ1n) is 4.73. The molecule has 96 valence electrons. The van der Waals surface area contributed by atoms with Gasteiger partial charge in [-0.25, -0.2) is 4.57 Å². The lowest BCUT2D eigenvalue weighted by Crippen LogP contribution is -2.06. The Labute approximate surface area is 105 Å². The molecule has 0 radical (unpaired) electrons. The van der Waals surface area contributed by atoms with Gasteiger partial charge in [-0.15, -0.1) is 0 Å². The van der Waals surface area contributed by atoms with Crippen LogP contribution in [0.15, 0.2) is 24.3 Å². The molecular weight excluding hydrogens is 267 g/mol. The monoisotopic (exact) mass is 280 g/mol. The van der Waals surface area contributed by atoms with Crippen LogP contribution in [0.1, 0.15) is 11.9 Å². The number of halogens is 1. The standard InChI is InChI=1S/C10H14ClO5P/c1-13-10(16-17(12,14-2)15-3)8-4-6-9(11)7-5-8/h4-7,10H,1-3H3. The Hall–Kier alpha value is -0.420. The van der Waals surface area contributed by atoms with E-state index in [0.717, 1.165) is 0 Å². The van der Waals surface area contributed by atoms with Crippen LogP contribution in [-0.4, -0.2) is 21.3 Å². The highest BCUT2D eigenvalue weighted by molar-refractivity contribution is 7.48. The Kier molecular flexibility index (Phi) is 5.59. The van der Waals surface area contributed by atoms with E-state index in [9.17, 15) is 4.57 Å². The number of methoxy groups -OCH3 is 1. The lowest BCUT2D eigenvalue weighted by molar-refractivity contribution is -0.0757. The molecule has 0 fully saturated rings. The van der Waals surface area contributed by atoms with Gasteiger partial charge in [0.05, 0.1) is 0 Å². The van der Waals surface area contributed by atoms with Crippen molar-refractivity contribution < 1.29 is 22.9 Å². The van der Waals surface area contributed by atoms with E-state index in [4.69, 9.17) is 20.9 Å². The molecule has 0 saturated carbocycles. The third-order valence-electron chi connectivity index (χ3n) is 2.03. The van der Waals surface area contributed by atoms with Crippen molar-refractivity contribution in [3.05, 3.63) is 34.9 Å². The molecule has 7 heteroatoms. The first-order chi connectivity index (χ1) is 8.04. The van der Waals surface area contributed by atoms with Gasteiger partial charge in [-0.3, -0.25) is 13.6 Å². The molecule has 0 amide bonds. The van der Waals surface area contributed by atoms with Crippen LogP contribution in [0, 0.1) is 0 Å². The second kappa shape index (κ2) is 6.50. The molecule has 0 aliphatic carbocycles. The molecule has 1 rings (SSSR count). The summed E-state index contributed by atoms with van der Waals surface area (Å²) in [5, 5.41) is 0.588. The molecule has 0 saturated heterocycles. The van der Waals surface area contributed by atoms with E-state index >= 15 is 0 Å². The number of benzene rings is 1. The molecule has 17 heavy (non-hydrogen) atoms. The zero-order valence-electron chi connectivity index (χ0n) is 9.75. The summed E-state index contributed by atoms with van der Waals surface area (Å²) in [4.78, 5) is 0. The Bertz CT molecular complexity index is 386. The second-order valence-electron chi connectivity index (χ2n) is 3.04. The zero-order chi connectivity index (χ0) is 12.9. The summed E-state index contributed by atoms with van der Waals surface area (Å²) in [6, 6.07) is 6.76. The van der Waals surface area contributed by atoms with Crippen molar-refractivity contribution >= 4 is 19.4 Å². The summed E-state index contributed by atoms with van der Waals surface area (Å²) in [7, 11) is 0.306. The SMILES string of the molecule is COC(OP(=O)(OC)OC)c1ccc(Cl)cc1. The number of ether oxygens (including phenoxy) is 1. The quantitative estimate of drug-likeness (QED) is 0.590. The number of hydrogen-bond donors (Lipinski definition) is 0. The normalized spacial score (nSPS) is 13.6. The fourth-order valence-corrected chi connectivity index (χ4v) is 2.03. The predicted molar refractivity (Wildman–Crippen MR) is 63.9 cm³/mol. The van der Waals surface area contributed by atoms with Crippen LogP contribution in [0.4, 0.5) is 0 Å². The predicted octanol–water partition coefficient (Wildman–Crippen LogP) is 3.40. The molecule has 1 aromatic carbocycles. The van der Waals surface area contributed by atoms with Gasteiger partial charge >= 0.3 is 7.82 Å². The van der Waals surface area contributed by atoms with Crippen molar-refractivity contribution in [2.75, 3.05) is 21.3 Å². The minimum atomic E-state index is -3.59. The molecule has 5 nitrogen and oxygen atoms in total. The Morgan fingerprint density at radius 1 is 1.12 bits per heavy atom. The number of phosphoric acid groups is 1. The van der Waals surface area contributed by atoms with Gasteiger partial charge in [-0.1, -0.05) is 23.7 Å². The molecular formula is C10H14ClO5P. The molecule has 1 aromatic rings. The van der Waals surface area contributed by atoms with Gasteiger partial charge in [0.2, 0.25) is 0 Å². The highest BCUT2D eigenvalue weighted by atomic mass is 35.5. The van der Waals surface area contributed by atoms with Gasteiger partial charge < -0.3 is 4.74 Å². The average molecular weight is 281 g/mol. The van der Waals surface area contributed by atoms with E-state index in [1.54, 1.807) is 24.3 Å². The van der Waals surface area contributed by atoms with Crippen LogP contribution in [0.5, 0.6) is 0 Å². The molecule has 0 spiro atoms. The van der Waals surface area contributed by atoms with Gasteiger partial charge in [0, 0.05) is 31.9 Å². The van der Waals surface area contributed by atoms with E-state index in [1.807, 2.05) is 0 Å². The van der Waals surface area contributed by atoms with Crippen LogP contribution in [0.25, 0.3) is 0 Å². The molecule has 0 bridgehead atoms. The van der Waals surface area contributed by atoms with Crippen molar-refractivity contribution in [3.63, 3.8) is 0 Å². The molecule has 1 unspecified atom stereocenters. The molecule has 1 atom stereocenters. The first-order valence-corrected chi connectivity index (χ1v) is 6.56. The van der Waals surface area contributed by atoms with Crippen LogP contribution < -0.4 is 0 Å². The smallest absolute Gasteiger partial charge is 0.351 e. The van der Waals surface area contributed by atoms with Crippen LogP contribution in [0.2, 0.25) is 5.02 Å². The summed E-state index contributed by atoms with van der Waals surface area (Å²) >= 11 is 5.76. The fraction of sp³-hybridized carbons (Fsp3) is 0.400. The molecule has 0 aliphatic rings. The van der Waals surface area contributed by atoms with Crippen molar-refractivity contribution in [3.8, 4) is 0 Å². The first kappa shape index (κ1) is 14.6. The van der Waals surface area contributed by atoms with Gasteiger partial charge in [0.15, 0.2) is 6.29 Å². The average Bonchev–Trinajstić information content (AvgIpc) is 2.37. The van der Waals surface area contributed by atoms with E-state index < -0.39 is 14.1 Å². The number of phosphoric ester groups is 1. The maximum absolute atomic E-state index is 11.8. The maximum atomic E-state index is 11.8. The highest BCUT2D eigenvalue weighted by Crippen LogP contribution is 2.51. The van der Waals surface area contributed by atoms with Crippen LogP contribution in [0.3, 0.4) is 0 Å². The highest BCUT2D eigenvalue weighted by Gasteiger charge is 2.29. The topological polar surface area (TPSA) is 54.0 Å². The van der Waals surface area contributed by atoms with Crippen molar-refractivity contribution in [2.24, 2.45) is 0 Å². The lowest BCUT2D eigenvalue weighted by atomic mass is 10.2. The fourth-order valence-electron chi connectivity index (χ4n) is 1.14. The third kappa shape index (κ3) is 4.07. The van der Waals surface area contributed by atoms with E-state index in [0.29, 0.717) is 10.6 Å². The molecule has 0 heterocycles. The maximum Gasteiger partial charge on any atom is 0.476 e.